The number of nitrogens with one attached hydrogen (secondary N) is 1. The summed E-state index contributed by atoms with van der Waals surface area (Å²) in [6.45, 7) is 6.25. The molecule has 1 heterocycles. The molecule has 1 aromatic heterocycles. The summed E-state index contributed by atoms with van der Waals surface area (Å²) in [4.78, 5) is 18.8. The van der Waals surface area contributed by atoms with Crippen LogP contribution < -0.4 is 5.32 Å². The van der Waals surface area contributed by atoms with E-state index in [4.69, 9.17) is 5.11 Å². The topological polar surface area (TPSA) is 75.1 Å². The third kappa shape index (κ3) is 2.93. The van der Waals surface area contributed by atoms with E-state index in [0.717, 1.165) is 11.3 Å². The SMILES string of the molecule is Cc1cccc(C(C)C)c1Nc1ncc(C(=O)O)cn1. The Labute approximate surface area is 117 Å². The molecular formula is C15H17N3O2. The summed E-state index contributed by atoms with van der Waals surface area (Å²) in [6.07, 6.45) is 2.59. The molecule has 0 saturated heterocycles. The van der Waals surface area contributed by atoms with Gasteiger partial charge in [-0.2, -0.15) is 0 Å². The third-order valence-electron chi connectivity index (χ3n) is 3.06. The lowest BCUT2D eigenvalue weighted by molar-refractivity contribution is 0.0696. The summed E-state index contributed by atoms with van der Waals surface area (Å²) in [5, 5.41) is 12.0. The molecule has 2 aromatic rings. The molecule has 2 rings (SSSR count). The highest BCUT2D eigenvalue weighted by atomic mass is 16.4. The average molecular weight is 271 g/mol. The minimum absolute atomic E-state index is 0.0735. The molecular weight excluding hydrogens is 254 g/mol. The van der Waals surface area contributed by atoms with Gasteiger partial charge in [0, 0.05) is 18.1 Å². The van der Waals surface area contributed by atoms with E-state index >= 15 is 0 Å². The number of aromatic carboxylic acids is 1. The first-order valence-corrected chi connectivity index (χ1v) is 6.41. The first kappa shape index (κ1) is 14.0. The number of aryl methyl sites for hydroxylation is 1. The molecule has 20 heavy (non-hydrogen) atoms. The van der Waals surface area contributed by atoms with Crippen molar-refractivity contribution in [2.24, 2.45) is 0 Å². The van der Waals surface area contributed by atoms with Gasteiger partial charge in [-0.15, -0.1) is 0 Å². The monoisotopic (exact) mass is 271 g/mol. The maximum atomic E-state index is 10.8. The van der Waals surface area contributed by atoms with E-state index in [-0.39, 0.29) is 5.56 Å². The molecule has 104 valence electrons. The van der Waals surface area contributed by atoms with Crippen LogP contribution in [0.25, 0.3) is 0 Å². The summed E-state index contributed by atoms with van der Waals surface area (Å²) >= 11 is 0. The molecule has 0 spiro atoms. The smallest absolute Gasteiger partial charge is 0.338 e. The van der Waals surface area contributed by atoms with Crippen LogP contribution in [0.5, 0.6) is 0 Å². The van der Waals surface area contributed by atoms with Crippen LogP contribution in [0.1, 0.15) is 41.3 Å². The van der Waals surface area contributed by atoms with Crippen molar-refractivity contribution in [3.63, 3.8) is 0 Å². The summed E-state index contributed by atoms with van der Waals surface area (Å²) in [7, 11) is 0. The number of aromatic nitrogens is 2. The van der Waals surface area contributed by atoms with Gasteiger partial charge in [-0.25, -0.2) is 14.8 Å². The van der Waals surface area contributed by atoms with Crippen molar-refractivity contribution in [2.45, 2.75) is 26.7 Å². The highest BCUT2D eigenvalue weighted by Gasteiger charge is 2.11. The van der Waals surface area contributed by atoms with Gasteiger partial charge in [0.25, 0.3) is 0 Å². The number of carboxylic acids is 1. The van der Waals surface area contributed by atoms with Crippen LogP contribution >= 0.6 is 0 Å². The number of benzene rings is 1. The molecule has 0 bridgehead atoms. The maximum Gasteiger partial charge on any atom is 0.338 e. The zero-order chi connectivity index (χ0) is 14.7. The first-order chi connectivity index (χ1) is 9.49. The number of carboxylic acid groups (broad SMARTS) is 1. The van der Waals surface area contributed by atoms with Crippen molar-refractivity contribution in [3.05, 3.63) is 47.3 Å². The maximum absolute atomic E-state index is 10.8. The van der Waals surface area contributed by atoms with Gasteiger partial charge in [0.05, 0.1) is 5.56 Å². The average Bonchev–Trinajstić information content (AvgIpc) is 2.41. The molecule has 2 N–H and O–H groups in total. The minimum atomic E-state index is -1.03. The standard InChI is InChI=1S/C15H17N3O2/c1-9(2)12-6-4-5-10(3)13(12)18-15-16-7-11(8-17-15)14(19)20/h4-9H,1-3H3,(H,19,20)(H,16,17,18). The summed E-state index contributed by atoms with van der Waals surface area (Å²) in [5.74, 6) is -0.266. The predicted molar refractivity (Wildman–Crippen MR) is 77.5 cm³/mol. The fraction of sp³-hybridized carbons (Fsp3) is 0.267. The molecule has 0 saturated carbocycles. The lowest BCUT2D eigenvalue weighted by Crippen LogP contribution is -2.05. The quantitative estimate of drug-likeness (QED) is 0.891. The van der Waals surface area contributed by atoms with Crippen LogP contribution in [-0.4, -0.2) is 21.0 Å². The first-order valence-electron chi connectivity index (χ1n) is 6.41. The number of anilines is 2. The zero-order valence-corrected chi connectivity index (χ0v) is 11.7. The molecule has 0 amide bonds. The summed E-state index contributed by atoms with van der Waals surface area (Å²) < 4.78 is 0. The van der Waals surface area contributed by atoms with Crippen molar-refractivity contribution in [1.29, 1.82) is 0 Å². The van der Waals surface area contributed by atoms with Crippen molar-refractivity contribution >= 4 is 17.6 Å². The van der Waals surface area contributed by atoms with Gasteiger partial charge in [-0.3, -0.25) is 0 Å². The van der Waals surface area contributed by atoms with Gasteiger partial charge in [0.1, 0.15) is 0 Å². The lowest BCUT2D eigenvalue weighted by atomic mass is 9.98. The molecule has 5 heteroatoms. The Hall–Kier alpha value is -2.43. The predicted octanol–water partition coefficient (Wildman–Crippen LogP) is 3.35. The summed E-state index contributed by atoms with van der Waals surface area (Å²) in [6, 6.07) is 6.09. The Kier molecular flexibility index (Phi) is 3.98. The van der Waals surface area contributed by atoms with Crippen molar-refractivity contribution in [1.82, 2.24) is 9.97 Å². The largest absolute Gasteiger partial charge is 0.478 e. The van der Waals surface area contributed by atoms with E-state index in [2.05, 4.69) is 35.2 Å². The second-order valence-electron chi connectivity index (χ2n) is 4.92. The van der Waals surface area contributed by atoms with Crippen LogP contribution in [0.2, 0.25) is 0 Å². The van der Waals surface area contributed by atoms with E-state index < -0.39 is 5.97 Å². The van der Waals surface area contributed by atoms with Gasteiger partial charge in [0.2, 0.25) is 5.95 Å². The molecule has 0 aliphatic heterocycles. The number of hydrogen-bond donors (Lipinski definition) is 2. The van der Waals surface area contributed by atoms with Crippen molar-refractivity contribution < 1.29 is 9.90 Å². The van der Waals surface area contributed by atoms with Gasteiger partial charge < -0.3 is 10.4 Å². The van der Waals surface area contributed by atoms with E-state index in [9.17, 15) is 4.79 Å². The highest BCUT2D eigenvalue weighted by Crippen LogP contribution is 2.29. The van der Waals surface area contributed by atoms with Gasteiger partial charge in [-0.05, 0) is 24.0 Å². The van der Waals surface area contributed by atoms with Gasteiger partial charge in [0.15, 0.2) is 0 Å². The van der Waals surface area contributed by atoms with Crippen LogP contribution in [0.3, 0.4) is 0 Å². The second kappa shape index (κ2) is 5.69. The molecule has 0 fully saturated rings. The molecule has 1 aromatic carbocycles. The van der Waals surface area contributed by atoms with E-state index in [1.54, 1.807) is 0 Å². The normalized spacial score (nSPS) is 10.6. The lowest BCUT2D eigenvalue weighted by Gasteiger charge is -2.16. The van der Waals surface area contributed by atoms with Crippen LogP contribution in [0.15, 0.2) is 30.6 Å². The zero-order valence-electron chi connectivity index (χ0n) is 11.7. The Morgan fingerprint density at radius 2 is 1.90 bits per heavy atom. The van der Waals surface area contributed by atoms with E-state index in [0.29, 0.717) is 11.9 Å². The number of rotatable bonds is 4. The molecule has 5 nitrogen and oxygen atoms in total. The number of hydrogen-bond acceptors (Lipinski definition) is 4. The summed E-state index contributed by atoms with van der Waals surface area (Å²) in [5.41, 5.74) is 3.33. The highest BCUT2D eigenvalue weighted by molar-refractivity contribution is 5.86. The number of carbonyl (C=O) groups is 1. The fourth-order valence-corrected chi connectivity index (χ4v) is 1.96. The Balaban J connectivity index is 2.32. The molecule has 0 atom stereocenters. The molecule has 0 unspecified atom stereocenters. The van der Waals surface area contributed by atoms with Gasteiger partial charge >= 0.3 is 5.97 Å². The van der Waals surface area contributed by atoms with Crippen molar-refractivity contribution in [2.75, 3.05) is 5.32 Å². The van der Waals surface area contributed by atoms with Crippen molar-refractivity contribution in [3.8, 4) is 0 Å². The Bertz CT molecular complexity index is 622. The molecule has 0 aliphatic rings. The number of nitrogens with zero attached hydrogens (tertiary/aromatic N) is 2. The second-order valence-corrected chi connectivity index (χ2v) is 4.92. The van der Waals surface area contributed by atoms with Crippen LogP contribution in [0.4, 0.5) is 11.6 Å². The Morgan fingerprint density at radius 3 is 2.45 bits per heavy atom. The number of para-hydroxylation sites is 1. The fourth-order valence-electron chi connectivity index (χ4n) is 1.96. The van der Waals surface area contributed by atoms with Gasteiger partial charge in [-0.1, -0.05) is 32.0 Å². The van der Waals surface area contributed by atoms with E-state index in [1.165, 1.54) is 18.0 Å². The minimum Gasteiger partial charge on any atom is -0.478 e. The van der Waals surface area contributed by atoms with Crippen LogP contribution in [0, 0.1) is 6.92 Å². The van der Waals surface area contributed by atoms with E-state index in [1.807, 2.05) is 19.1 Å². The Morgan fingerprint density at radius 1 is 1.25 bits per heavy atom. The third-order valence-corrected chi connectivity index (χ3v) is 3.06. The van der Waals surface area contributed by atoms with Crippen LogP contribution in [-0.2, 0) is 0 Å². The molecule has 0 aliphatic carbocycles. The molecule has 0 radical (unpaired) electrons.